The van der Waals surface area contributed by atoms with Crippen LogP contribution in [0.5, 0.6) is 0 Å². The Morgan fingerprint density at radius 3 is 2.75 bits per heavy atom. The maximum Gasteiger partial charge on any atom is 0.335 e. The molecule has 2 rings (SSSR count). The topological polar surface area (TPSA) is 66.4 Å². The van der Waals surface area contributed by atoms with Crippen molar-refractivity contribution in [2.75, 3.05) is 6.54 Å². The fourth-order valence-electron chi connectivity index (χ4n) is 2.88. The molecule has 1 aliphatic carbocycles. The van der Waals surface area contributed by atoms with Gasteiger partial charge >= 0.3 is 5.97 Å². The Kier molecular flexibility index (Phi) is 4.77. The monoisotopic (exact) mass is 275 g/mol. The van der Waals surface area contributed by atoms with Gasteiger partial charge in [0.15, 0.2) is 0 Å². The molecule has 1 fully saturated rings. The van der Waals surface area contributed by atoms with E-state index in [1.54, 1.807) is 12.1 Å². The summed E-state index contributed by atoms with van der Waals surface area (Å²) >= 11 is 0. The molecule has 108 valence electrons. The zero-order valence-electron chi connectivity index (χ0n) is 11.8. The maximum atomic E-state index is 12.0. The maximum absolute atomic E-state index is 12.0. The van der Waals surface area contributed by atoms with Gasteiger partial charge < -0.3 is 10.4 Å². The third kappa shape index (κ3) is 3.83. The first kappa shape index (κ1) is 14.6. The number of carboxylic acid groups (broad SMARTS) is 1. The number of aromatic carboxylic acids is 1. The zero-order chi connectivity index (χ0) is 14.5. The third-order valence-electron chi connectivity index (χ3n) is 3.97. The van der Waals surface area contributed by atoms with Crippen LogP contribution in [0.15, 0.2) is 24.3 Å². The van der Waals surface area contributed by atoms with E-state index in [-0.39, 0.29) is 11.5 Å². The van der Waals surface area contributed by atoms with Gasteiger partial charge in [0, 0.05) is 12.1 Å². The minimum Gasteiger partial charge on any atom is -0.478 e. The number of benzene rings is 1. The van der Waals surface area contributed by atoms with Gasteiger partial charge in [0.05, 0.1) is 5.56 Å². The number of carbonyl (C=O) groups excluding carboxylic acids is 1. The fourth-order valence-corrected chi connectivity index (χ4v) is 2.88. The van der Waals surface area contributed by atoms with Crippen LogP contribution in [0.25, 0.3) is 0 Å². The number of carboxylic acids is 1. The van der Waals surface area contributed by atoms with Crippen LogP contribution in [0.3, 0.4) is 0 Å². The molecule has 1 aliphatic rings. The second-order valence-corrected chi connectivity index (χ2v) is 5.73. The molecule has 0 bridgehead atoms. The van der Waals surface area contributed by atoms with Gasteiger partial charge in [-0.3, -0.25) is 4.79 Å². The van der Waals surface area contributed by atoms with Gasteiger partial charge in [-0.2, -0.15) is 0 Å². The Balaban J connectivity index is 1.91. The summed E-state index contributed by atoms with van der Waals surface area (Å²) in [5.74, 6) is 0.0819. The van der Waals surface area contributed by atoms with Gasteiger partial charge in [0.2, 0.25) is 0 Å². The second kappa shape index (κ2) is 6.55. The third-order valence-corrected chi connectivity index (χ3v) is 3.97. The van der Waals surface area contributed by atoms with E-state index in [0.717, 1.165) is 12.3 Å². The molecular weight excluding hydrogens is 254 g/mol. The first-order valence-corrected chi connectivity index (χ1v) is 7.18. The highest BCUT2D eigenvalue weighted by Gasteiger charge is 2.19. The molecule has 4 nitrogen and oxygen atoms in total. The minimum absolute atomic E-state index is 0.143. The van der Waals surface area contributed by atoms with E-state index in [4.69, 9.17) is 5.11 Å². The second-order valence-electron chi connectivity index (χ2n) is 5.73. The van der Waals surface area contributed by atoms with Crippen molar-refractivity contribution in [2.24, 2.45) is 11.8 Å². The number of hydrogen-bond acceptors (Lipinski definition) is 2. The van der Waals surface area contributed by atoms with Crippen molar-refractivity contribution in [1.29, 1.82) is 0 Å². The van der Waals surface area contributed by atoms with Crippen LogP contribution in [0.2, 0.25) is 0 Å². The van der Waals surface area contributed by atoms with Gasteiger partial charge in [0.25, 0.3) is 5.91 Å². The van der Waals surface area contributed by atoms with E-state index >= 15 is 0 Å². The minimum atomic E-state index is -1.01. The summed E-state index contributed by atoms with van der Waals surface area (Å²) in [5, 5.41) is 11.8. The summed E-state index contributed by atoms with van der Waals surface area (Å²) in [6, 6.07) is 6.15. The van der Waals surface area contributed by atoms with Crippen LogP contribution in [0.4, 0.5) is 0 Å². The summed E-state index contributed by atoms with van der Waals surface area (Å²) in [7, 11) is 0. The molecule has 1 amide bonds. The smallest absolute Gasteiger partial charge is 0.335 e. The van der Waals surface area contributed by atoms with Gasteiger partial charge in [-0.1, -0.05) is 25.8 Å². The molecule has 0 aliphatic heterocycles. The summed E-state index contributed by atoms with van der Waals surface area (Å²) in [6.45, 7) is 2.94. The zero-order valence-corrected chi connectivity index (χ0v) is 11.8. The average Bonchev–Trinajstić information content (AvgIpc) is 2.45. The van der Waals surface area contributed by atoms with E-state index < -0.39 is 5.97 Å². The lowest BCUT2D eigenvalue weighted by atomic mass is 9.82. The number of carbonyl (C=O) groups is 2. The van der Waals surface area contributed by atoms with E-state index in [0.29, 0.717) is 18.0 Å². The number of nitrogens with one attached hydrogen (secondary N) is 1. The van der Waals surface area contributed by atoms with Crippen LogP contribution in [-0.2, 0) is 0 Å². The summed E-state index contributed by atoms with van der Waals surface area (Å²) in [6.07, 6.45) is 4.84. The van der Waals surface area contributed by atoms with Crippen LogP contribution in [0, 0.1) is 11.8 Å². The standard InChI is InChI=1S/C16H21NO3/c1-11-4-2-5-12(8-11)10-17-15(18)13-6-3-7-14(9-13)16(19)20/h3,6-7,9,11-12H,2,4-5,8,10H2,1H3,(H,17,18)(H,19,20). The van der Waals surface area contributed by atoms with Crippen molar-refractivity contribution in [3.63, 3.8) is 0 Å². The molecule has 20 heavy (non-hydrogen) atoms. The van der Waals surface area contributed by atoms with Crippen molar-refractivity contribution in [3.05, 3.63) is 35.4 Å². The Bertz CT molecular complexity index is 498. The van der Waals surface area contributed by atoms with E-state index in [1.165, 1.54) is 31.4 Å². The molecule has 2 atom stereocenters. The van der Waals surface area contributed by atoms with Gasteiger partial charge in [-0.15, -0.1) is 0 Å². The Morgan fingerprint density at radius 2 is 2.05 bits per heavy atom. The molecule has 2 unspecified atom stereocenters. The van der Waals surface area contributed by atoms with Crippen LogP contribution in [0.1, 0.15) is 53.3 Å². The van der Waals surface area contributed by atoms with Gasteiger partial charge in [0.1, 0.15) is 0 Å². The summed E-state index contributed by atoms with van der Waals surface area (Å²) < 4.78 is 0. The molecule has 1 aromatic rings. The first-order valence-electron chi connectivity index (χ1n) is 7.18. The lowest BCUT2D eigenvalue weighted by Gasteiger charge is -2.26. The highest BCUT2D eigenvalue weighted by Crippen LogP contribution is 2.27. The van der Waals surface area contributed by atoms with E-state index in [2.05, 4.69) is 12.2 Å². The number of amides is 1. The first-order chi connectivity index (χ1) is 9.56. The molecule has 0 spiro atoms. The molecule has 1 saturated carbocycles. The predicted molar refractivity (Wildman–Crippen MR) is 76.9 cm³/mol. The van der Waals surface area contributed by atoms with Crippen molar-refractivity contribution in [2.45, 2.75) is 32.6 Å². The van der Waals surface area contributed by atoms with Crippen LogP contribution in [-0.4, -0.2) is 23.5 Å². The van der Waals surface area contributed by atoms with Crippen molar-refractivity contribution >= 4 is 11.9 Å². The molecule has 2 N–H and O–H groups in total. The molecule has 0 aromatic heterocycles. The van der Waals surface area contributed by atoms with Crippen molar-refractivity contribution in [1.82, 2.24) is 5.32 Å². The predicted octanol–water partition coefficient (Wildman–Crippen LogP) is 2.94. The van der Waals surface area contributed by atoms with E-state index in [1.807, 2.05) is 0 Å². The number of hydrogen-bond donors (Lipinski definition) is 2. The molecule has 1 aromatic carbocycles. The van der Waals surface area contributed by atoms with Crippen molar-refractivity contribution < 1.29 is 14.7 Å². The summed E-state index contributed by atoms with van der Waals surface area (Å²) in [4.78, 5) is 22.9. The van der Waals surface area contributed by atoms with Gasteiger partial charge in [-0.25, -0.2) is 4.79 Å². The lowest BCUT2D eigenvalue weighted by molar-refractivity contribution is 0.0697. The van der Waals surface area contributed by atoms with E-state index in [9.17, 15) is 9.59 Å². The normalized spacial score (nSPS) is 22.2. The largest absolute Gasteiger partial charge is 0.478 e. The molecule has 4 heteroatoms. The highest BCUT2D eigenvalue weighted by molar-refractivity contribution is 5.97. The fraction of sp³-hybridized carbons (Fsp3) is 0.500. The quantitative estimate of drug-likeness (QED) is 0.887. The molecule has 0 heterocycles. The molecule has 0 radical (unpaired) electrons. The number of rotatable bonds is 4. The highest BCUT2D eigenvalue weighted by atomic mass is 16.4. The molecule has 0 saturated heterocycles. The Morgan fingerprint density at radius 1 is 1.30 bits per heavy atom. The van der Waals surface area contributed by atoms with Gasteiger partial charge in [-0.05, 0) is 42.9 Å². The SMILES string of the molecule is CC1CCCC(CNC(=O)c2cccc(C(=O)O)c2)C1. The van der Waals surface area contributed by atoms with Crippen LogP contribution >= 0.6 is 0 Å². The van der Waals surface area contributed by atoms with Crippen LogP contribution < -0.4 is 5.32 Å². The summed E-state index contributed by atoms with van der Waals surface area (Å²) in [5.41, 5.74) is 0.553. The molecular formula is C16H21NO3. The lowest BCUT2D eigenvalue weighted by Crippen LogP contribution is -2.31. The van der Waals surface area contributed by atoms with Crippen molar-refractivity contribution in [3.8, 4) is 0 Å². The Labute approximate surface area is 119 Å². The Hall–Kier alpha value is -1.84. The average molecular weight is 275 g/mol.